The number of hydrogen-bond acceptors (Lipinski definition) is 5. The van der Waals surface area contributed by atoms with E-state index in [-0.39, 0.29) is 33.8 Å². The number of phenolic OH excluding ortho intramolecular Hbond substituents is 1. The molecule has 0 heterocycles. The highest BCUT2D eigenvalue weighted by molar-refractivity contribution is 6.12. The summed E-state index contributed by atoms with van der Waals surface area (Å²) in [5.41, 5.74) is 0.559. The molecule has 0 aliphatic carbocycles. The maximum Gasteiger partial charge on any atom is 0.337 e. The monoisotopic (exact) mass is 298 g/mol. The molecule has 22 heavy (non-hydrogen) atoms. The van der Waals surface area contributed by atoms with Gasteiger partial charge in [-0.15, -0.1) is 0 Å². The van der Waals surface area contributed by atoms with E-state index in [0.717, 1.165) is 0 Å². The molecule has 0 spiro atoms. The maximum absolute atomic E-state index is 12.5. The SMILES string of the molecule is COC(=O)c1cc(C(C)=O)cc(C(=O)c2ccccc2O)c1. The predicted molar refractivity (Wildman–Crippen MR) is 79.3 cm³/mol. The first-order valence-electron chi connectivity index (χ1n) is 6.51. The van der Waals surface area contributed by atoms with Crippen LogP contribution in [0, 0.1) is 0 Å². The van der Waals surface area contributed by atoms with Crippen LogP contribution in [0.15, 0.2) is 42.5 Å². The van der Waals surface area contributed by atoms with Gasteiger partial charge in [0.15, 0.2) is 11.6 Å². The Labute approximate surface area is 127 Å². The summed E-state index contributed by atoms with van der Waals surface area (Å²) in [7, 11) is 1.22. The number of benzene rings is 2. The minimum absolute atomic E-state index is 0.0963. The molecule has 2 rings (SSSR count). The second-order valence-corrected chi connectivity index (χ2v) is 4.69. The number of ether oxygens (including phenoxy) is 1. The van der Waals surface area contributed by atoms with E-state index in [1.165, 1.54) is 44.4 Å². The van der Waals surface area contributed by atoms with Crippen molar-refractivity contribution in [1.29, 1.82) is 0 Å². The number of hydrogen-bond donors (Lipinski definition) is 1. The van der Waals surface area contributed by atoms with E-state index in [1.807, 2.05) is 0 Å². The van der Waals surface area contributed by atoms with Crippen LogP contribution >= 0.6 is 0 Å². The molecular weight excluding hydrogens is 284 g/mol. The summed E-state index contributed by atoms with van der Waals surface area (Å²) in [6.45, 7) is 1.34. The van der Waals surface area contributed by atoms with Gasteiger partial charge < -0.3 is 9.84 Å². The number of rotatable bonds is 4. The number of Topliss-reactive ketones (excluding diaryl/α,β-unsaturated/α-hetero) is 1. The van der Waals surface area contributed by atoms with Crippen LogP contribution in [-0.2, 0) is 4.74 Å². The minimum atomic E-state index is -0.644. The van der Waals surface area contributed by atoms with Crippen molar-refractivity contribution in [2.45, 2.75) is 6.92 Å². The number of ketones is 2. The van der Waals surface area contributed by atoms with Gasteiger partial charge in [-0.25, -0.2) is 4.79 Å². The van der Waals surface area contributed by atoms with Gasteiger partial charge in [-0.1, -0.05) is 12.1 Å². The van der Waals surface area contributed by atoms with Crippen molar-refractivity contribution in [1.82, 2.24) is 0 Å². The van der Waals surface area contributed by atoms with E-state index in [4.69, 9.17) is 0 Å². The number of esters is 1. The Bertz CT molecular complexity index is 761. The largest absolute Gasteiger partial charge is 0.507 e. The van der Waals surface area contributed by atoms with Gasteiger partial charge in [-0.05, 0) is 37.3 Å². The molecule has 0 saturated carbocycles. The second kappa shape index (κ2) is 6.22. The quantitative estimate of drug-likeness (QED) is 0.693. The molecule has 0 aliphatic heterocycles. The number of aromatic hydroxyl groups is 1. The lowest BCUT2D eigenvalue weighted by atomic mass is 9.97. The van der Waals surface area contributed by atoms with Crippen molar-refractivity contribution in [2.24, 2.45) is 0 Å². The number of para-hydroxylation sites is 1. The number of carbonyl (C=O) groups excluding carboxylic acids is 3. The minimum Gasteiger partial charge on any atom is -0.507 e. The van der Waals surface area contributed by atoms with E-state index in [2.05, 4.69) is 4.74 Å². The van der Waals surface area contributed by atoms with Crippen molar-refractivity contribution in [3.63, 3.8) is 0 Å². The summed E-state index contributed by atoms with van der Waals surface area (Å²) in [6, 6.07) is 10.2. The normalized spacial score (nSPS) is 10.1. The summed E-state index contributed by atoms with van der Waals surface area (Å²) in [6.07, 6.45) is 0. The molecule has 0 unspecified atom stereocenters. The Morgan fingerprint density at radius 2 is 1.55 bits per heavy atom. The summed E-state index contributed by atoms with van der Waals surface area (Å²) in [4.78, 5) is 35.7. The predicted octanol–water partition coefficient (Wildman–Crippen LogP) is 2.61. The van der Waals surface area contributed by atoms with Crippen molar-refractivity contribution in [3.05, 3.63) is 64.7 Å². The third-order valence-corrected chi connectivity index (χ3v) is 3.17. The Hall–Kier alpha value is -2.95. The molecule has 2 aromatic carbocycles. The van der Waals surface area contributed by atoms with Crippen LogP contribution < -0.4 is 0 Å². The molecular formula is C17H14O5. The molecule has 0 fully saturated rings. The average Bonchev–Trinajstić information content (AvgIpc) is 2.53. The van der Waals surface area contributed by atoms with E-state index >= 15 is 0 Å². The lowest BCUT2D eigenvalue weighted by molar-refractivity contribution is 0.0600. The molecule has 112 valence electrons. The number of methoxy groups -OCH3 is 1. The summed E-state index contributed by atoms with van der Waals surface area (Å²) < 4.78 is 4.62. The molecule has 0 aromatic heterocycles. The van der Waals surface area contributed by atoms with Gasteiger partial charge in [0.05, 0.1) is 18.2 Å². The Morgan fingerprint density at radius 3 is 2.14 bits per heavy atom. The average molecular weight is 298 g/mol. The molecule has 0 saturated heterocycles. The first-order chi connectivity index (χ1) is 10.4. The third kappa shape index (κ3) is 3.03. The van der Waals surface area contributed by atoms with Crippen LogP contribution in [0.1, 0.15) is 43.6 Å². The molecule has 0 aliphatic rings. The maximum atomic E-state index is 12.5. The molecule has 0 radical (unpaired) electrons. The fourth-order valence-electron chi connectivity index (χ4n) is 2.02. The zero-order chi connectivity index (χ0) is 16.3. The summed E-state index contributed by atoms with van der Waals surface area (Å²) in [5.74, 6) is -1.57. The van der Waals surface area contributed by atoms with Crippen LogP contribution in [0.2, 0.25) is 0 Å². The lowest BCUT2D eigenvalue weighted by Crippen LogP contribution is -2.09. The van der Waals surface area contributed by atoms with Gasteiger partial charge in [0, 0.05) is 11.1 Å². The highest BCUT2D eigenvalue weighted by Crippen LogP contribution is 2.22. The second-order valence-electron chi connectivity index (χ2n) is 4.69. The lowest BCUT2D eigenvalue weighted by Gasteiger charge is -2.08. The fraction of sp³-hybridized carbons (Fsp3) is 0.118. The Kier molecular flexibility index (Phi) is 4.36. The Morgan fingerprint density at radius 1 is 0.955 bits per heavy atom. The van der Waals surface area contributed by atoms with Gasteiger partial charge in [0.1, 0.15) is 5.75 Å². The first kappa shape index (κ1) is 15.4. The fourth-order valence-corrected chi connectivity index (χ4v) is 2.02. The van der Waals surface area contributed by atoms with Crippen molar-refractivity contribution >= 4 is 17.5 Å². The van der Waals surface area contributed by atoms with Crippen LogP contribution in [0.25, 0.3) is 0 Å². The van der Waals surface area contributed by atoms with Crippen molar-refractivity contribution < 1.29 is 24.2 Å². The van der Waals surface area contributed by atoms with Crippen molar-refractivity contribution in [2.75, 3.05) is 7.11 Å². The first-order valence-corrected chi connectivity index (χ1v) is 6.51. The number of phenols is 1. The van der Waals surface area contributed by atoms with Gasteiger partial charge >= 0.3 is 5.97 Å². The molecule has 5 nitrogen and oxygen atoms in total. The van der Waals surface area contributed by atoms with Gasteiger partial charge in [-0.3, -0.25) is 9.59 Å². The molecule has 5 heteroatoms. The number of carbonyl (C=O) groups is 3. The smallest absolute Gasteiger partial charge is 0.337 e. The van der Waals surface area contributed by atoms with Crippen LogP contribution in [-0.4, -0.2) is 29.8 Å². The molecule has 0 amide bonds. The van der Waals surface area contributed by atoms with Gasteiger partial charge in [-0.2, -0.15) is 0 Å². The van der Waals surface area contributed by atoms with E-state index in [1.54, 1.807) is 12.1 Å². The zero-order valence-electron chi connectivity index (χ0n) is 12.1. The standard InChI is InChI=1S/C17H14O5/c1-10(18)11-7-12(9-13(8-11)17(21)22-2)16(20)14-5-3-4-6-15(14)19/h3-9,19H,1-2H3. The van der Waals surface area contributed by atoms with Crippen LogP contribution in [0.3, 0.4) is 0 Å². The highest BCUT2D eigenvalue weighted by Gasteiger charge is 2.18. The zero-order valence-corrected chi connectivity index (χ0v) is 12.1. The van der Waals surface area contributed by atoms with E-state index < -0.39 is 11.8 Å². The van der Waals surface area contributed by atoms with Gasteiger partial charge in [0.25, 0.3) is 0 Å². The van der Waals surface area contributed by atoms with E-state index in [9.17, 15) is 19.5 Å². The van der Waals surface area contributed by atoms with E-state index in [0.29, 0.717) is 0 Å². The molecule has 0 bridgehead atoms. The molecule has 0 atom stereocenters. The molecule has 1 N–H and O–H groups in total. The van der Waals surface area contributed by atoms with Crippen LogP contribution in [0.4, 0.5) is 0 Å². The molecule has 2 aromatic rings. The third-order valence-electron chi connectivity index (χ3n) is 3.17. The van der Waals surface area contributed by atoms with Crippen molar-refractivity contribution in [3.8, 4) is 5.75 Å². The highest BCUT2D eigenvalue weighted by atomic mass is 16.5. The Balaban J connectivity index is 2.57. The summed E-state index contributed by atoms with van der Waals surface area (Å²) >= 11 is 0. The topological polar surface area (TPSA) is 80.7 Å². The van der Waals surface area contributed by atoms with Crippen LogP contribution in [0.5, 0.6) is 5.75 Å². The summed E-state index contributed by atoms with van der Waals surface area (Å²) in [5, 5.41) is 9.77. The van der Waals surface area contributed by atoms with Gasteiger partial charge in [0.2, 0.25) is 0 Å².